The van der Waals surface area contributed by atoms with Crippen LogP contribution in [0.15, 0.2) is 12.3 Å². The second-order valence-electron chi connectivity index (χ2n) is 5.18. The molecule has 0 aliphatic carbocycles. The lowest BCUT2D eigenvalue weighted by atomic mass is 10.0. The van der Waals surface area contributed by atoms with Gasteiger partial charge in [0.15, 0.2) is 5.79 Å². The topological polar surface area (TPSA) is 77.7 Å². The molecule has 0 unspecified atom stereocenters. The number of nitro groups is 1. The van der Waals surface area contributed by atoms with E-state index in [9.17, 15) is 10.1 Å². The van der Waals surface area contributed by atoms with E-state index in [-0.39, 0.29) is 5.69 Å². The van der Waals surface area contributed by atoms with Crippen molar-refractivity contribution in [3.05, 3.63) is 27.9 Å². The number of piperidine rings is 1. The van der Waals surface area contributed by atoms with Crippen molar-refractivity contribution in [1.29, 1.82) is 0 Å². The van der Waals surface area contributed by atoms with Crippen molar-refractivity contribution < 1.29 is 14.4 Å². The third-order valence-corrected chi connectivity index (χ3v) is 3.93. The zero-order chi connectivity index (χ0) is 14.2. The first-order valence-corrected chi connectivity index (χ1v) is 6.74. The molecule has 108 valence electrons. The second kappa shape index (κ2) is 4.99. The van der Waals surface area contributed by atoms with Gasteiger partial charge in [0, 0.05) is 31.5 Å². The minimum Gasteiger partial charge on any atom is -0.356 e. The molecule has 3 heterocycles. The van der Waals surface area contributed by atoms with Crippen LogP contribution in [-0.4, -0.2) is 42.0 Å². The minimum absolute atomic E-state index is 0.0599. The number of pyridine rings is 1. The van der Waals surface area contributed by atoms with Crippen LogP contribution >= 0.6 is 0 Å². The molecule has 2 aliphatic heterocycles. The van der Waals surface area contributed by atoms with Crippen LogP contribution in [0.3, 0.4) is 0 Å². The molecule has 0 aromatic carbocycles. The normalized spacial score (nSPS) is 21.4. The second-order valence-corrected chi connectivity index (χ2v) is 5.18. The summed E-state index contributed by atoms with van der Waals surface area (Å²) in [5.41, 5.74) is 0.693. The van der Waals surface area contributed by atoms with Crippen LogP contribution in [0.5, 0.6) is 0 Å². The molecule has 0 radical (unpaired) electrons. The SMILES string of the molecule is Cc1cc(N2CCC3(CC2)OCCO3)ncc1[N+](=O)[O-]. The Kier molecular flexibility index (Phi) is 3.31. The summed E-state index contributed by atoms with van der Waals surface area (Å²) in [4.78, 5) is 16.7. The minimum atomic E-state index is -0.410. The molecule has 0 N–H and O–H groups in total. The third-order valence-electron chi connectivity index (χ3n) is 3.93. The van der Waals surface area contributed by atoms with Gasteiger partial charge in [-0.1, -0.05) is 0 Å². The van der Waals surface area contributed by atoms with Gasteiger partial charge in [0.05, 0.1) is 18.1 Å². The Labute approximate surface area is 116 Å². The van der Waals surface area contributed by atoms with Gasteiger partial charge in [0.1, 0.15) is 12.0 Å². The Morgan fingerprint density at radius 3 is 2.55 bits per heavy atom. The van der Waals surface area contributed by atoms with Gasteiger partial charge in [0.25, 0.3) is 5.69 Å². The average Bonchev–Trinajstić information content (AvgIpc) is 2.87. The highest BCUT2D eigenvalue weighted by atomic mass is 16.7. The fourth-order valence-corrected chi connectivity index (χ4v) is 2.76. The van der Waals surface area contributed by atoms with Gasteiger partial charge in [-0.2, -0.15) is 0 Å². The number of nitrogens with zero attached hydrogens (tertiary/aromatic N) is 3. The van der Waals surface area contributed by atoms with Crippen molar-refractivity contribution in [3.8, 4) is 0 Å². The molecule has 0 atom stereocenters. The van der Waals surface area contributed by atoms with Crippen molar-refractivity contribution in [2.45, 2.75) is 25.6 Å². The number of aryl methyl sites for hydroxylation is 1. The molecule has 7 nitrogen and oxygen atoms in total. The van der Waals surface area contributed by atoms with E-state index < -0.39 is 10.7 Å². The standard InChI is InChI=1S/C13H17N3O4/c1-10-8-12(14-9-11(10)16(17)18)15-4-2-13(3-5-15)19-6-7-20-13/h8-9H,2-7H2,1H3. The van der Waals surface area contributed by atoms with E-state index >= 15 is 0 Å². The van der Waals surface area contributed by atoms with Crippen molar-refractivity contribution in [3.63, 3.8) is 0 Å². The van der Waals surface area contributed by atoms with E-state index in [1.807, 2.05) is 0 Å². The summed E-state index contributed by atoms with van der Waals surface area (Å²) >= 11 is 0. The lowest BCUT2D eigenvalue weighted by Crippen LogP contribution is -2.45. The predicted molar refractivity (Wildman–Crippen MR) is 71.7 cm³/mol. The van der Waals surface area contributed by atoms with Crippen LogP contribution in [0.4, 0.5) is 11.5 Å². The highest BCUT2D eigenvalue weighted by molar-refractivity contribution is 5.48. The Hall–Kier alpha value is -1.73. The summed E-state index contributed by atoms with van der Waals surface area (Å²) in [6, 6.07) is 1.77. The van der Waals surface area contributed by atoms with E-state index in [0.29, 0.717) is 18.8 Å². The van der Waals surface area contributed by atoms with Crippen LogP contribution in [0.2, 0.25) is 0 Å². The molecular formula is C13H17N3O4. The Morgan fingerprint density at radius 2 is 2.00 bits per heavy atom. The first-order chi connectivity index (χ1) is 9.60. The maximum atomic E-state index is 10.8. The van der Waals surface area contributed by atoms with Gasteiger partial charge < -0.3 is 14.4 Å². The quantitative estimate of drug-likeness (QED) is 0.605. The summed E-state index contributed by atoms with van der Waals surface area (Å²) in [5.74, 6) is 0.368. The van der Waals surface area contributed by atoms with E-state index in [1.165, 1.54) is 6.20 Å². The first-order valence-electron chi connectivity index (χ1n) is 6.74. The highest BCUT2D eigenvalue weighted by Gasteiger charge is 2.40. The number of hydrogen-bond donors (Lipinski definition) is 0. The number of hydrogen-bond acceptors (Lipinski definition) is 6. The maximum absolute atomic E-state index is 10.8. The molecule has 2 fully saturated rings. The summed E-state index contributed by atoms with van der Waals surface area (Å²) in [7, 11) is 0. The predicted octanol–water partition coefficient (Wildman–Crippen LogP) is 1.64. The summed E-state index contributed by atoms with van der Waals surface area (Å²) in [5, 5.41) is 10.8. The molecular weight excluding hydrogens is 262 g/mol. The molecule has 0 saturated carbocycles. The molecule has 2 saturated heterocycles. The van der Waals surface area contributed by atoms with Crippen LogP contribution in [0, 0.1) is 17.0 Å². The summed E-state index contributed by atoms with van der Waals surface area (Å²) in [6.07, 6.45) is 2.92. The summed E-state index contributed by atoms with van der Waals surface area (Å²) in [6.45, 7) is 4.62. The van der Waals surface area contributed by atoms with E-state index in [0.717, 1.165) is 31.7 Å². The molecule has 1 spiro atoms. The number of ether oxygens (including phenoxy) is 2. The molecule has 3 rings (SSSR count). The Morgan fingerprint density at radius 1 is 1.35 bits per heavy atom. The molecule has 20 heavy (non-hydrogen) atoms. The van der Waals surface area contributed by atoms with Gasteiger partial charge in [-0.15, -0.1) is 0 Å². The average molecular weight is 279 g/mol. The monoisotopic (exact) mass is 279 g/mol. The lowest BCUT2D eigenvalue weighted by Gasteiger charge is -2.38. The molecule has 1 aromatic heterocycles. The first kappa shape index (κ1) is 13.3. The molecule has 2 aliphatic rings. The number of anilines is 1. The molecule has 7 heteroatoms. The van der Waals surface area contributed by atoms with Crippen LogP contribution < -0.4 is 4.90 Å². The molecule has 0 amide bonds. The zero-order valence-electron chi connectivity index (χ0n) is 11.4. The van der Waals surface area contributed by atoms with Crippen LogP contribution in [0.25, 0.3) is 0 Å². The van der Waals surface area contributed by atoms with Gasteiger partial charge in [0.2, 0.25) is 0 Å². The van der Waals surface area contributed by atoms with Crippen LogP contribution in [0.1, 0.15) is 18.4 Å². The number of aromatic nitrogens is 1. The van der Waals surface area contributed by atoms with Crippen molar-refractivity contribution >= 4 is 11.5 Å². The maximum Gasteiger partial charge on any atom is 0.290 e. The van der Waals surface area contributed by atoms with Gasteiger partial charge in [-0.25, -0.2) is 4.98 Å². The summed E-state index contributed by atoms with van der Waals surface area (Å²) < 4.78 is 11.4. The Balaban J connectivity index is 1.72. The van der Waals surface area contributed by atoms with Crippen LogP contribution in [-0.2, 0) is 9.47 Å². The van der Waals surface area contributed by atoms with Gasteiger partial charge >= 0.3 is 0 Å². The van der Waals surface area contributed by atoms with Crippen molar-refractivity contribution in [1.82, 2.24) is 4.98 Å². The zero-order valence-corrected chi connectivity index (χ0v) is 11.4. The highest BCUT2D eigenvalue weighted by Crippen LogP contribution is 2.33. The smallest absolute Gasteiger partial charge is 0.290 e. The van der Waals surface area contributed by atoms with Crippen molar-refractivity contribution in [2.75, 3.05) is 31.2 Å². The number of rotatable bonds is 2. The van der Waals surface area contributed by atoms with Gasteiger partial charge in [-0.3, -0.25) is 10.1 Å². The fourth-order valence-electron chi connectivity index (χ4n) is 2.76. The molecule has 0 bridgehead atoms. The molecule has 1 aromatic rings. The van der Waals surface area contributed by atoms with E-state index in [2.05, 4.69) is 9.88 Å². The van der Waals surface area contributed by atoms with Crippen molar-refractivity contribution in [2.24, 2.45) is 0 Å². The largest absolute Gasteiger partial charge is 0.356 e. The van der Waals surface area contributed by atoms with Gasteiger partial charge in [-0.05, 0) is 13.0 Å². The van der Waals surface area contributed by atoms with E-state index in [4.69, 9.17) is 9.47 Å². The lowest BCUT2D eigenvalue weighted by molar-refractivity contribution is -0.385. The fraction of sp³-hybridized carbons (Fsp3) is 0.615. The third kappa shape index (κ3) is 2.34. The van der Waals surface area contributed by atoms with E-state index in [1.54, 1.807) is 13.0 Å². The Bertz CT molecular complexity index is 518.